The van der Waals surface area contributed by atoms with Gasteiger partial charge in [0, 0.05) is 42.9 Å². The maximum absolute atomic E-state index is 13.0. The van der Waals surface area contributed by atoms with Gasteiger partial charge in [-0.1, -0.05) is 30.3 Å². The number of hydrogen-bond donors (Lipinski definition) is 2. The number of anilines is 1. The molecule has 0 saturated heterocycles. The molecule has 4 aromatic rings. The molecule has 0 atom stereocenters. The SMILES string of the molecule is Cn1cc(-c2cccc(C(=O)Nc3nc(CCCCO)cn3-c3ccccc3)c2)cn1. The lowest BCUT2D eigenvalue weighted by atomic mass is 10.1. The van der Waals surface area contributed by atoms with Gasteiger partial charge in [-0.25, -0.2) is 4.98 Å². The number of aryl methyl sites for hydroxylation is 2. The molecule has 7 nitrogen and oxygen atoms in total. The fourth-order valence-corrected chi connectivity index (χ4v) is 3.42. The average molecular weight is 415 g/mol. The second-order valence-corrected chi connectivity index (χ2v) is 7.38. The van der Waals surface area contributed by atoms with Crippen LogP contribution in [0, 0.1) is 0 Å². The Morgan fingerprint density at radius 3 is 2.61 bits per heavy atom. The predicted octanol–water partition coefficient (Wildman–Crippen LogP) is 3.84. The van der Waals surface area contributed by atoms with Crippen LogP contribution in [0.25, 0.3) is 16.8 Å². The van der Waals surface area contributed by atoms with E-state index in [2.05, 4.69) is 15.4 Å². The smallest absolute Gasteiger partial charge is 0.258 e. The molecule has 4 rings (SSSR count). The van der Waals surface area contributed by atoms with Gasteiger partial charge in [-0.15, -0.1) is 0 Å². The highest BCUT2D eigenvalue weighted by atomic mass is 16.2. The zero-order valence-corrected chi connectivity index (χ0v) is 17.4. The number of hydrogen-bond acceptors (Lipinski definition) is 4. The number of unbranched alkanes of at least 4 members (excludes halogenated alkanes) is 1. The van der Waals surface area contributed by atoms with Crippen molar-refractivity contribution in [2.45, 2.75) is 19.3 Å². The second kappa shape index (κ2) is 9.40. The molecule has 0 saturated carbocycles. The molecule has 0 bridgehead atoms. The van der Waals surface area contributed by atoms with E-state index < -0.39 is 0 Å². The van der Waals surface area contributed by atoms with Gasteiger partial charge in [-0.05, 0) is 49.1 Å². The van der Waals surface area contributed by atoms with Crippen LogP contribution in [0.4, 0.5) is 5.95 Å². The predicted molar refractivity (Wildman–Crippen MR) is 120 cm³/mol. The number of nitrogens with zero attached hydrogens (tertiary/aromatic N) is 4. The normalized spacial score (nSPS) is 10.9. The molecule has 0 radical (unpaired) electrons. The van der Waals surface area contributed by atoms with Crippen molar-refractivity contribution in [3.8, 4) is 16.8 Å². The van der Waals surface area contributed by atoms with Gasteiger partial charge in [-0.2, -0.15) is 5.10 Å². The molecule has 7 heteroatoms. The van der Waals surface area contributed by atoms with E-state index in [9.17, 15) is 4.79 Å². The molecule has 1 amide bonds. The Morgan fingerprint density at radius 2 is 1.87 bits per heavy atom. The van der Waals surface area contributed by atoms with Crippen LogP contribution in [0.2, 0.25) is 0 Å². The number of benzene rings is 2. The van der Waals surface area contributed by atoms with Crippen molar-refractivity contribution in [1.29, 1.82) is 0 Å². The standard InChI is InChI=1S/C24H25N5O2/c1-28-16-20(15-25-28)18-8-7-9-19(14-18)23(31)27-24-26-21(10-5-6-13-30)17-29(24)22-11-3-2-4-12-22/h2-4,7-9,11-12,14-17,30H,5-6,10,13H2,1H3,(H,26,27,31). The minimum Gasteiger partial charge on any atom is -0.396 e. The largest absolute Gasteiger partial charge is 0.396 e. The highest BCUT2D eigenvalue weighted by Crippen LogP contribution is 2.22. The molecule has 2 N–H and O–H groups in total. The third-order valence-electron chi connectivity index (χ3n) is 5.02. The summed E-state index contributed by atoms with van der Waals surface area (Å²) < 4.78 is 3.62. The van der Waals surface area contributed by atoms with Crippen molar-refractivity contribution in [1.82, 2.24) is 19.3 Å². The molecule has 0 aliphatic rings. The molecular weight excluding hydrogens is 390 g/mol. The quantitative estimate of drug-likeness (QED) is 0.428. The third-order valence-corrected chi connectivity index (χ3v) is 5.02. The van der Waals surface area contributed by atoms with Gasteiger partial charge in [0.05, 0.1) is 11.9 Å². The molecule has 0 unspecified atom stereocenters. The fourth-order valence-electron chi connectivity index (χ4n) is 3.42. The number of nitrogens with one attached hydrogen (secondary N) is 1. The summed E-state index contributed by atoms with van der Waals surface area (Å²) in [6.07, 6.45) is 7.92. The highest BCUT2D eigenvalue weighted by Gasteiger charge is 2.15. The molecule has 2 aromatic heterocycles. The monoisotopic (exact) mass is 415 g/mol. The summed E-state index contributed by atoms with van der Waals surface area (Å²) in [5.41, 5.74) is 4.22. The molecule has 158 valence electrons. The van der Waals surface area contributed by atoms with Crippen molar-refractivity contribution < 1.29 is 9.90 Å². The number of amides is 1. The van der Waals surface area contributed by atoms with Gasteiger partial charge in [0.15, 0.2) is 0 Å². The first-order valence-corrected chi connectivity index (χ1v) is 10.3. The lowest BCUT2D eigenvalue weighted by Gasteiger charge is -2.09. The Balaban J connectivity index is 1.60. The summed E-state index contributed by atoms with van der Waals surface area (Å²) in [6, 6.07) is 17.2. The van der Waals surface area contributed by atoms with Crippen molar-refractivity contribution in [3.63, 3.8) is 0 Å². The molecule has 0 aliphatic carbocycles. The van der Waals surface area contributed by atoms with Gasteiger partial charge in [0.2, 0.25) is 5.95 Å². The number of aliphatic hydroxyl groups is 1. The van der Waals surface area contributed by atoms with Crippen LogP contribution in [-0.2, 0) is 13.5 Å². The molecule has 2 aromatic carbocycles. The Morgan fingerprint density at radius 1 is 1.03 bits per heavy atom. The zero-order valence-electron chi connectivity index (χ0n) is 17.4. The minimum absolute atomic E-state index is 0.163. The van der Waals surface area contributed by atoms with E-state index in [0.717, 1.165) is 41.8 Å². The van der Waals surface area contributed by atoms with Crippen molar-refractivity contribution >= 4 is 11.9 Å². The van der Waals surface area contributed by atoms with Crippen LogP contribution in [0.5, 0.6) is 0 Å². The molecule has 2 heterocycles. The summed E-state index contributed by atoms with van der Waals surface area (Å²) in [5.74, 6) is 0.248. The van der Waals surface area contributed by atoms with E-state index in [1.807, 2.05) is 72.5 Å². The minimum atomic E-state index is -0.226. The molecule has 31 heavy (non-hydrogen) atoms. The van der Waals surface area contributed by atoms with Gasteiger partial charge < -0.3 is 5.11 Å². The van der Waals surface area contributed by atoms with Crippen molar-refractivity contribution in [2.75, 3.05) is 11.9 Å². The van der Waals surface area contributed by atoms with Gasteiger partial charge >= 0.3 is 0 Å². The molecule has 0 fully saturated rings. The van der Waals surface area contributed by atoms with Crippen LogP contribution in [-0.4, -0.2) is 37.0 Å². The summed E-state index contributed by atoms with van der Waals surface area (Å²) in [5, 5.41) is 16.2. The Bertz CT molecular complexity index is 1160. The number of rotatable bonds is 8. The Labute approximate surface area is 181 Å². The number of aliphatic hydroxyl groups excluding tert-OH is 1. The average Bonchev–Trinajstić information content (AvgIpc) is 3.41. The van der Waals surface area contributed by atoms with Crippen molar-refractivity contribution in [3.05, 3.63) is 84.4 Å². The molecular formula is C24H25N5O2. The first-order valence-electron chi connectivity index (χ1n) is 10.3. The van der Waals surface area contributed by atoms with E-state index in [1.54, 1.807) is 16.9 Å². The van der Waals surface area contributed by atoms with E-state index in [4.69, 9.17) is 5.11 Å². The lowest BCUT2D eigenvalue weighted by molar-refractivity contribution is 0.102. The maximum atomic E-state index is 13.0. The zero-order chi connectivity index (χ0) is 21.6. The second-order valence-electron chi connectivity index (χ2n) is 7.38. The summed E-state index contributed by atoms with van der Waals surface area (Å²) >= 11 is 0. The number of carbonyl (C=O) groups is 1. The number of imidazole rings is 1. The van der Waals surface area contributed by atoms with E-state index in [0.29, 0.717) is 11.5 Å². The van der Waals surface area contributed by atoms with E-state index >= 15 is 0 Å². The summed E-state index contributed by atoms with van der Waals surface area (Å²) in [4.78, 5) is 17.7. The molecule has 0 aliphatic heterocycles. The fraction of sp³-hybridized carbons (Fsp3) is 0.208. The number of carbonyl (C=O) groups excluding carboxylic acids is 1. The topological polar surface area (TPSA) is 85.0 Å². The summed E-state index contributed by atoms with van der Waals surface area (Å²) in [7, 11) is 1.86. The summed E-state index contributed by atoms with van der Waals surface area (Å²) in [6.45, 7) is 0.163. The van der Waals surface area contributed by atoms with Gasteiger partial charge in [0.1, 0.15) is 0 Å². The highest BCUT2D eigenvalue weighted by molar-refractivity contribution is 6.04. The maximum Gasteiger partial charge on any atom is 0.258 e. The third kappa shape index (κ3) is 4.90. The lowest BCUT2D eigenvalue weighted by Crippen LogP contribution is -2.15. The number of aromatic nitrogens is 4. The van der Waals surface area contributed by atoms with Crippen LogP contribution in [0.1, 0.15) is 28.9 Å². The van der Waals surface area contributed by atoms with Gasteiger partial charge in [0.25, 0.3) is 5.91 Å². The van der Waals surface area contributed by atoms with Crippen molar-refractivity contribution in [2.24, 2.45) is 7.05 Å². The Hall–Kier alpha value is -3.71. The molecule has 0 spiro atoms. The van der Waals surface area contributed by atoms with Crippen LogP contribution in [0.15, 0.2) is 73.2 Å². The van der Waals surface area contributed by atoms with Crippen LogP contribution < -0.4 is 5.32 Å². The Kier molecular flexibility index (Phi) is 6.24. The number of para-hydroxylation sites is 1. The van der Waals surface area contributed by atoms with Gasteiger partial charge in [-0.3, -0.25) is 19.4 Å². The van der Waals surface area contributed by atoms with E-state index in [-0.39, 0.29) is 12.5 Å². The first kappa shape index (κ1) is 20.6. The first-order chi connectivity index (χ1) is 15.1. The van der Waals surface area contributed by atoms with E-state index in [1.165, 1.54) is 0 Å². The van der Waals surface area contributed by atoms with Crippen LogP contribution >= 0.6 is 0 Å². The van der Waals surface area contributed by atoms with Crippen LogP contribution in [0.3, 0.4) is 0 Å².